The molecule has 0 N–H and O–H groups in total. The van der Waals surface area contributed by atoms with Crippen LogP contribution in [0.25, 0.3) is 16.7 Å². The first-order valence-electron chi connectivity index (χ1n) is 14.5. The van der Waals surface area contributed by atoms with Crippen LogP contribution in [0.1, 0.15) is 63.0 Å². The molecular formula is C32H39FN6O. The minimum atomic E-state index is -0.286. The summed E-state index contributed by atoms with van der Waals surface area (Å²) >= 11 is 0. The second-order valence-electron chi connectivity index (χ2n) is 11.1. The van der Waals surface area contributed by atoms with Gasteiger partial charge in [-0.25, -0.2) is 19.0 Å². The molecule has 7 nitrogen and oxygen atoms in total. The lowest BCUT2D eigenvalue weighted by Gasteiger charge is -2.27. The van der Waals surface area contributed by atoms with Crippen molar-refractivity contribution in [1.29, 1.82) is 0 Å². The summed E-state index contributed by atoms with van der Waals surface area (Å²) in [6.45, 7) is 11.3. The number of rotatable bonds is 8. The van der Waals surface area contributed by atoms with Crippen LogP contribution in [0, 0.1) is 18.7 Å². The molecule has 2 aromatic heterocycles. The third kappa shape index (κ3) is 5.86. The Morgan fingerprint density at radius 2 is 1.73 bits per heavy atom. The Kier molecular flexibility index (Phi) is 8.43. The lowest BCUT2D eigenvalue weighted by Crippen LogP contribution is -2.38. The van der Waals surface area contributed by atoms with Crippen LogP contribution in [0.15, 0.2) is 54.6 Å². The molecule has 1 fully saturated rings. The largest absolute Gasteiger partial charge is 0.354 e. The summed E-state index contributed by atoms with van der Waals surface area (Å²) in [7, 11) is 0. The number of benzene rings is 2. The fraction of sp³-hybridized carbons (Fsp3) is 0.438. The molecule has 2 aromatic carbocycles. The van der Waals surface area contributed by atoms with Gasteiger partial charge in [0.2, 0.25) is 5.91 Å². The monoisotopic (exact) mass is 542 g/mol. The maximum absolute atomic E-state index is 13.7. The van der Waals surface area contributed by atoms with Gasteiger partial charge in [-0.2, -0.15) is 5.10 Å². The van der Waals surface area contributed by atoms with Crippen LogP contribution in [0.3, 0.4) is 0 Å². The van der Waals surface area contributed by atoms with Crippen LogP contribution in [0.2, 0.25) is 0 Å². The molecule has 1 amide bonds. The molecule has 0 unspecified atom stereocenters. The topological polar surface area (TPSA) is 67.2 Å². The fourth-order valence-electron chi connectivity index (χ4n) is 5.53. The number of aromatic nitrogens is 4. The summed E-state index contributed by atoms with van der Waals surface area (Å²) in [5.74, 6) is 1.97. The van der Waals surface area contributed by atoms with Gasteiger partial charge in [0.1, 0.15) is 17.5 Å². The van der Waals surface area contributed by atoms with Crippen LogP contribution in [0.4, 0.5) is 10.2 Å². The smallest absolute Gasteiger partial charge is 0.230 e. The first-order valence-corrected chi connectivity index (χ1v) is 14.5. The van der Waals surface area contributed by atoms with Crippen LogP contribution in [-0.4, -0.2) is 56.7 Å². The number of hydrogen-bond acceptors (Lipinski definition) is 5. The van der Waals surface area contributed by atoms with E-state index in [4.69, 9.17) is 15.1 Å². The van der Waals surface area contributed by atoms with E-state index < -0.39 is 0 Å². The molecule has 1 atom stereocenters. The molecule has 1 saturated heterocycles. The quantitative estimate of drug-likeness (QED) is 0.270. The molecule has 5 rings (SSSR count). The Hall–Kier alpha value is -3.81. The van der Waals surface area contributed by atoms with Gasteiger partial charge >= 0.3 is 0 Å². The van der Waals surface area contributed by atoms with E-state index in [1.165, 1.54) is 12.1 Å². The van der Waals surface area contributed by atoms with Gasteiger partial charge in [-0.15, -0.1) is 0 Å². The van der Waals surface area contributed by atoms with Crippen molar-refractivity contribution < 1.29 is 9.18 Å². The zero-order valence-electron chi connectivity index (χ0n) is 24.0. The average molecular weight is 543 g/mol. The first kappa shape index (κ1) is 27.7. The predicted octanol–water partition coefficient (Wildman–Crippen LogP) is 6.08. The van der Waals surface area contributed by atoms with Crippen LogP contribution in [-0.2, 0) is 11.2 Å². The van der Waals surface area contributed by atoms with E-state index in [1.807, 2.05) is 42.2 Å². The number of carbonyl (C=O) groups excluding carboxylic acids is 1. The summed E-state index contributed by atoms with van der Waals surface area (Å²) in [6, 6.07) is 16.4. The van der Waals surface area contributed by atoms with Crippen LogP contribution < -0.4 is 4.90 Å². The number of fused-ring (bicyclic) bond motifs is 1. The standard InChI is InChI=1S/C32H39FN6O/c1-5-27(24-10-7-6-8-11-24)32(40)38-19-9-18-37(20-21-38)30-29-23(4)36-39(26-15-13-25(33)14-16-26)31(29)35-28(34-30)17-12-22(2)3/h6-8,10-11,13-16,22,27H,5,9,12,17-21H2,1-4H3/t27-/m0/s1. The molecule has 210 valence electrons. The van der Waals surface area contributed by atoms with Gasteiger partial charge in [-0.1, -0.05) is 51.1 Å². The number of carbonyl (C=O) groups is 1. The van der Waals surface area contributed by atoms with E-state index >= 15 is 0 Å². The Balaban J connectivity index is 1.47. The number of amides is 1. The lowest BCUT2D eigenvalue weighted by atomic mass is 9.95. The highest BCUT2D eigenvalue weighted by molar-refractivity contribution is 5.91. The van der Waals surface area contributed by atoms with Gasteiger partial charge in [0.15, 0.2) is 5.65 Å². The number of aryl methyl sites for hydroxylation is 2. The van der Waals surface area contributed by atoms with Crippen molar-refractivity contribution in [2.45, 2.75) is 59.3 Å². The van der Waals surface area contributed by atoms with Gasteiger partial charge < -0.3 is 9.80 Å². The zero-order valence-corrected chi connectivity index (χ0v) is 24.0. The Morgan fingerprint density at radius 1 is 0.975 bits per heavy atom. The van der Waals surface area contributed by atoms with Gasteiger partial charge in [0, 0.05) is 32.6 Å². The third-order valence-corrected chi connectivity index (χ3v) is 7.76. The van der Waals surface area contributed by atoms with Crippen molar-refractivity contribution in [2.24, 2.45) is 5.92 Å². The molecule has 1 aliphatic rings. The molecule has 0 aliphatic carbocycles. The van der Waals surface area contributed by atoms with E-state index in [0.29, 0.717) is 19.0 Å². The number of anilines is 1. The van der Waals surface area contributed by atoms with Crippen molar-refractivity contribution >= 4 is 22.8 Å². The Bertz CT molecular complexity index is 1450. The van der Waals surface area contributed by atoms with Crippen molar-refractivity contribution in [3.05, 3.63) is 77.5 Å². The molecule has 0 radical (unpaired) electrons. The summed E-state index contributed by atoms with van der Waals surface area (Å²) in [5.41, 5.74) is 3.41. The molecular weight excluding hydrogens is 503 g/mol. The van der Waals surface area contributed by atoms with E-state index in [-0.39, 0.29) is 17.6 Å². The van der Waals surface area contributed by atoms with Gasteiger partial charge in [-0.3, -0.25) is 4.79 Å². The predicted molar refractivity (Wildman–Crippen MR) is 157 cm³/mol. The molecule has 4 aromatic rings. The lowest BCUT2D eigenvalue weighted by molar-refractivity contribution is -0.132. The highest BCUT2D eigenvalue weighted by Crippen LogP contribution is 2.31. The number of hydrogen-bond donors (Lipinski definition) is 0. The van der Waals surface area contributed by atoms with Crippen molar-refractivity contribution in [2.75, 3.05) is 31.1 Å². The average Bonchev–Trinajstić information content (AvgIpc) is 3.12. The molecule has 0 saturated carbocycles. The van der Waals surface area contributed by atoms with Crippen molar-refractivity contribution in [1.82, 2.24) is 24.6 Å². The number of nitrogens with zero attached hydrogens (tertiary/aromatic N) is 6. The van der Waals surface area contributed by atoms with E-state index in [9.17, 15) is 9.18 Å². The Labute approximate surface area is 236 Å². The molecule has 0 spiro atoms. The van der Waals surface area contributed by atoms with Gasteiger partial charge in [0.25, 0.3) is 0 Å². The number of halogens is 1. The van der Waals surface area contributed by atoms with Crippen molar-refractivity contribution in [3.63, 3.8) is 0 Å². The van der Waals surface area contributed by atoms with E-state index in [0.717, 1.165) is 78.4 Å². The second kappa shape index (κ2) is 12.1. The minimum Gasteiger partial charge on any atom is -0.354 e. The minimum absolute atomic E-state index is 0.127. The normalized spacial score (nSPS) is 15.1. The third-order valence-electron chi connectivity index (χ3n) is 7.76. The fourth-order valence-corrected chi connectivity index (χ4v) is 5.53. The zero-order chi connectivity index (χ0) is 28.2. The molecule has 8 heteroatoms. The first-order chi connectivity index (χ1) is 19.4. The molecule has 0 bridgehead atoms. The summed E-state index contributed by atoms with van der Waals surface area (Å²) in [6.07, 6.45) is 3.38. The highest BCUT2D eigenvalue weighted by atomic mass is 19.1. The summed E-state index contributed by atoms with van der Waals surface area (Å²) in [5, 5.41) is 5.73. The SMILES string of the molecule is CC[C@H](C(=O)N1CCCN(c2nc(CCC(C)C)nc3c2c(C)nn3-c2ccc(F)cc2)CC1)c1ccccc1. The van der Waals surface area contributed by atoms with Gasteiger partial charge in [-0.05, 0) is 61.9 Å². The maximum Gasteiger partial charge on any atom is 0.230 e. The Morgan fingerprint density at radius 3 is 2.42 bits per heavy atom. The summed E-state index contributed by atoms with van der Waals surface area (Å²) < 4.78 is 15.5. The van der Waals surface area contributed by atoms with Crippen molar-refractivity contribution in [3.8, 4) is 5.69 Å². The summed E-state index contributed by atoms with van der Waals surface area (Å²) in [4.78, 5) is 28.0. The van der Waals surface area contributed by atoms with Crippen LogP contribution >= 0.6 is 0 Å². The van der Waals surface area contributed by atoms with E-state index in [2.05, 4.69) is 25.7 Å². The maximum atomic E-state index is 13.7. The highest BCUT2D eigenvalue weighted by Gasteiger charge is 2.28. The van der Waals surface area contributed by atoms with E-state index in [1.54, 1.807) is 16.8 Å². The van der Waals surface area contributed by atoms with Gasteiger partial charge in [0.05, 0.1) is 22.7 Å². The molecule has 1 aliphatic heterocycles. The second-order valence-corrected chi connectivity index (χ2v) is 11.1. The molecule has 3 heterocycles. The molecule has 40 heavy (non-hydrogen) atoms. The van der Waals surface area contributed by atoms with Crippen LogP contribution in [0.5, 0.6) is 0 Å².